The first-order chi connectivity index (χ1) is 10.1. The zero-order valence-electron chi connectivity index (χ0n) is 11.4. The Bertz CT molecular complexity index is 711. The van der Waals surface area contributed by atoms with Gasteiger partial charge in [0.2, 0.25) is 5.91 Å². The number of Topliss-reactive ketones (excluding diaryl/α,β-unsaturated/α-hetero) is 1. The fourth-order valence-corrected chi connectivity index (χ4v) is 2.81. The zero-order chi connectivity index (χ0) is 14.8. The number of amides is 1. The molecular weight excluding hydrogens is 286 g/mol. The Hall–Kier alpha value is -2.13. The molecule has 0 atom stereocenters. The number of para-hydroxylation sites is 1. The Balaban J connectivity index is 1.86. The van der Waals surface area contributed by atoms with E-state index < -0.39 is 0 Å². The van der Waals surface area contributed by atoms with Crippen molar-refractivity contribution in [2.75, 3.05) is 11.4 Å². The quantitative estimate of drug-likeness (QED) is 0.855. The number of nitrogens with zero attached hydrogens (tertiary/aromatic N) is 1. The highest BCUT2D eigenvalue weighted by Crippen LogP contribution is 2.26. The number of carbonyl (C=O) groups excluding carboxylic acids is 2. The lowest BCUT2D eigenvalue weighted by Gasteiger charge is -2.28. The van der Waals surface area contributed by atoms with Crippen LogP contribution in [0.1, 0.15) is 11.1 Å². The predicted octanol–water partition coefficient (Wildman–Crippen LogP) is 3.04. The van der Waals surface area contributed by atoms with Gasteiger partial charge in [0.15, 0.2) is 5.78 Å². The summed E-state index contributed by atoms with van der Waals surface area (Å²) in [5.41, 5.74) is 2.60. The van der Waals surface area contributed by atoms with Crippen molar-refractivity contribution in [3.63, 3.8) is 0 Å². The third kappa shape index (κ3) is 2.98. The molecule has 21 heavy (non-hydrogen) atoms. The van der Waals surface area contributed by atoms with Gasteiger partial charge in [0.05, 0.1) is 13.0 Å². The van der Waals surface area contributed by atoms with Crippen molar-refractivity contribution in [1.82, 2.24) is 0 Å². The van der Waals surface area contributed by atoms with Crippen LogP contribution in [0.25, 0.3) is 0 Å². The van der Waals surface area contributed by atoms with Crippen LogP contribution in [0, 0.1) is 0 Å². The number of hydrogen-bond donors (Lipinski definition) is 0. The zero-order valence-corrected chi connectivity index (χ0v) is 12.1. The van der Waals surface area contributed by atoms with E-state index in [1.54, 1.807) is 17.0 Å². The molecule has 0 aromatic heterocycles. The van der Waals surface area contributed by atoms with Crippen LogP contribution in [-0.4, -0.2) is 18.2 Å². The maximum atomic E-state index is 12.5. The number of anilines is 1. The number of fused-ring (bicyclic) bond motifs is 1. The Morgan fingerprint density at radius 3 is 2.76 bits per heavy atom. The summed E-state index contributed by atoms with van der Waals surface area (Å²) in [5.74, 6) is -0.0223. The summed E-state index contributed by atoms with van der Waals surface area (Å²) in [6.07, 6.45) is 0.638. The summed E-state index contributed by atoms with van der Waals surface area (Å²) in [4.78, 5) is 25.9. The molecule has 3 nitrogen and oxygen atoms in total. The van der Waals surface area contributed by atoms with E-state index in [4.69, 9.17) is 11.6 Å². The lowest BCUT2D eigenvalue weighted by molar-refractivity contribution is -0.122. The molecule has 0 saturated heterocycles. The highest BCUT2D eigenvalue weighted by Gasteiger charge is 2.26. The molecule has 4 heteroatoms. The molecule has 1 amide bonds. The van der Waals surface area contributed by atoms with Gasteiger partial charge in [0.25, 0.3) is 0 Å². The first-order valence-electron chi connectivity index (χ1n) is 6.78. The third-order valence-corrected chi connectivity index (χ3v) is 3.79. The van der Waals surface area contributed by atoms with Crippen LogP contribution in [0.2, 0.25) is 5.02 Å². The molecule has 0 fully saturated rings. The second kappa shape index (κ2) is 5.70. The molecule has 1 heterocycles. The molecule has 0 aliphatic carbocycles. The van der Waals surface area contributed by atoms with Crippen LogP contribution < -0.4 is 4.90 Å². The molecule has 0 unspecified atom stereocenters. The fourth-order valence-electron chi connectivity index (χ4n) is 2.59. The Morgan fingerprint density at radius 1 is 1.14 bits per heavy atom. The lowest BCUT2D eigenvalue weighted by atomic mass is 10.00. The number of halogens is 1. The highest BCUT2D eigenvalue weighted by atomic mass is 35.5. The number of carbonyl (C=O) groups is 2. The third-order valence-electron chi connectivity index (χ3n) is 3.55. The van der Waals surface area contributed by atoms with Crippen molar-refractivity contribution in [3.05, 3.63) is 64.7 Å². The molecule has 0 spiro atoms. The number of ketones is 1. The standard InChI is InChI=1S/C17H14ClNO2/c18-14-6-3-4-12(8-14)9-17(21)19-11-15(20)10-13-5-1-2-7-16(13)19/h1-8H,9-11H2. The van der Waals surface area contributed by atoms with Gasteiger partial charge < -0.3 is 4.90 Å². The molecule has 0 N–H and O–H groups in total. The summed E-state index contributed by atoms with van der Waals surface area (Å²) in [5, 5.41) is 0.607. The number of rotatable bonds is 2. The molecule has 1 aliphatic heterocycles. The molecule has 0 radical (unpaired) electrons. The minimum atomic E-state index is -0.0854. The van der Waals surface area contributed by atoms with Gasteiger partial charge in [-0.3, -0.25) is 9.59 Å². The second-order valence-electron chi connectivity index (χ2n) is 5.13. The lowest BCUT2D eigenvalue weighted by Crippen LogP contribution is -2.41. The van der Waals surface area contributed by atoms with Crippen molar-refractivity contribution in [2.24, 2.45) is 0 Å². The normalized spacial score (nSPS) is 14.0. The van der Waals surface area contributed by atoms with E-state index in [9.17, 15) is 9.59 Å². The van der Waals surface area contributed by atoms with Crippen LogP contribution in [0.3, 0.4) is 0 Å². The van der Waals surface area contributed by atoms with E-state index in [1.807, 2.05) is 36.4 Å². The predicted molar refractivity (Wildman–Crippen MR) is 82.7 cm³/mol. The van der Waals surface area contributed by atoms with E-state index in [2.05, 4.69) is 0 Å². The minimum absolute atomic E-state index is 0.0631. The van der Waals surface area contributed by atoms with Gasteiger partial charge in [0.1, 0.15) is 0 Å². The van der Waals surface area contributed by atoms with Crippen molar-refractivity contribution in [3.8, 4) is 0 Å². The first kappa shape index (κ1) is 13.8. The van der Waals surface area contributed by atoms with Gasteiger partial charge >= 0.3 is 0 Å². The average molecular weight is 300 g/mol. The molecule has 106 valence electrons. The maximum absolute atomic E-state index is 12.5. The average Bonchev–Trinajstić information content (AvgIpc) is 2.46. The number of hydrogen-bond acceptors (Lipinski definition) is 2. The summed E-state index contributed by atoms with van der Waals surface area (Å²) < 4.78 is 0. The van der Waals surface area contributed by atoms with Crippen LogP contribution >= 0.6 is 11.6 Å². The monoisotopic (exact) mass is 299 g/mol. The van der Waals surface area contributed by atoms with E-state index in [0.29, 0.717) is 11.4 Å². The van der Waals surface area contributed by atoms with Crippen molar-refractivity contribution >= 4 is 29.0 Å². The summed E-state index contributed by atoms with van der Waals surface area (Å²) in [6, 6.07) is 14.8. The molecule has 2 aromatic rings. The largest absolute Gasteiger partial charge is 0.304 e. The van der Waals surface area contributed by atoms with E-state index >= 15 is 0 Å². The van der Waals surface area contributed by atoms with Crippen LogP contribution in [0.15, 0.2) is 48.5 Å². The summed E-state index contributed by atoms with van der Waals surface area (Å²) in [7, 11) is 0. The van der Waals surface area contributed by atoms with Crippen LogP contribution in [0.5, 0.6) is 0 Å². The molecule has 0 saturated carbocycles. The summed E-state index contributed by atoms with van der Waals surface area (Å²) >= 11 is 5.94. The van der Waals surface area contributed by atoms with Gasteiger partial charge in [-0.15, -0.1) is 0 Å². The Kier molecular flexibility index (Phi) is 3.76. The van der Waals surface area contributed by atoms with E-state index in [0.717, 1.165) is 16.8 Å². The van der Waals surface area contributed by atoms with E-state index in [1.165, 1.54) is 0 Å². The minimum Gasteiger partial charge on any atom is -0.304 e. The smallest absolute Gasteiger partial charge is 0.231 e. The summed E-state index contributed by atoms with van der Waals surface area (Å²) in [6.45, 7) is 0.149. The van der Waals surface area contributed by atoms with Gasteiger partial charge in [-0.25, -0.2) is 0 Å². The fraction of sp³-hybridized carbons (Fsp3) is 0.176. The van der Waals surface area contributed by atoms with Crippen molar-refractivity contribution in [2.45, 2.75) is 12.8 Å². The first-order valence-corrected chi connectivity index (χ1v) is 7.16. The number of benzene rings is 2. The SMILES string of the molecule is O=C1Cc2ccccc2N(C(=O)Cc2cccc(Cl)c2)C1. The van der Waals surface area contributed by atoms with Crippen LogP contribution in [-0.2, 0) is 22.4 Å². The van der Waals surface area contributed by atoms with Crippen molar-refractivity contribution < 1.29 is 9.59 Å². The van der Waals surface area contributed by atoms with Gasteiger partial charge in [-0.2, -0.15) is 0 Å². The molecule has 0 bridgehead atoms. The van der Waals surface area contributed by atoms with Gasteiger partial charge in [-0.05, 0) is 29.3 Å². The molecule has 2 aromatic carbocycles. The topological polar surface area (TPSA) is 37.4 Å². The van der Waals surface area contributed by atoms with Crippen LogP contribution in [0.4, 0.5) is 5.69 Å². The second-order valence-corrected chi connectivity index (χ2v) is 5.57. The Morgan fingerprint density at radius 2 is 1.95 bits per heavy atom. The maximum Gasteiger partial charge on any atom is 0.231 e. The Labute approximate surface area is 128 Å². The highest BCUT2D eigenvalue weighted by molar-refractivity contribution is 6.30. The van der Waals surface area contributed by atoms with Gasteiger partial charge in [0, 0.05) is 17.1 Å². The van der Waals surface area contributed by atoms with E-state index in [-0.39, 0.29) is 24.7 Å². The van der Waals surface area contributed by atoms with Crippen molar-refractivity contribution in [1.29, 1.82) is 0 Å². The van der Waals surface area contributed by atoms with Gasteiger partial charge in [-0.1, -0.05) is 41.9 Å². The molecule has 3 rings (SSSR count). The molecular formula is C17H14ClNO2. The molecule has 1 aliphatic rings.